The van der Waals surface area contributed by atoms with Crippen molar-refractivity contribution in [1.82, 2.24) is 10.6 Å². The van der Waals surface area contributed by atoms with Crippen LogP contribution in [0.15, 0.2) is 35.5 Å². The number of esters is 1. The maximum Gasteiger partial charge on any atom is 0.338 e. The van der Waals surface area contributed by atoms with Gasteiger partial charge in [0, 0.05) is 11.3 Å². The van der Waals surface area contributed by atoms with E-state index in [1.165, 1.54) is 0 Å². The largest absolute Gasteiger partial charge is 0.496 e. The molecule has 1 aromatic rings. The first-order valence-electron chi connectivity index (χ1n) is 7.60. The van der Waals surface area contributed by atoms with E-state index in [-0.39, 0.29) is 12.1 Å². The summed E-state index contributed by atoms with van der Waals surface area (Å²) in [7, 11) is 1.55. The molecule has 2 N–H and O–H groups in total. The molecule has 0 aromatic heterocycles. The number of hydrogen-bond acceptors (Lipinski definition) is 4. The van der Waals surface area contributed by atoms with Gasteiger partial charge >= 0.3 is 12.0 Å². The number of amides is 2. The lowest BCUT2D eigenvalue weighted by Gasteiger charge is -2.29. The van der Waals surface area contributed by atoms with E-state index in [2.05, 4.69) is 10.6 Å². The van der Waals surface area contributed by atoms with Crippen LogP contribution in [0.2, 0.25) is 0 Å². The molecule has 23 heavy (non-hydrogen) atoms. The second-order valence-electron chi connectivity index (χ2n) is 5.44. The van der Waals surface area contributed by atoms with E-state index >= 15 is 0 Å². The van der Waals surface area contributed by atoms with Crippen LogP contribution in [0.25, 0.3) is 0 Å². The van der Waals surface area contributed by atoms with Crippen LogP contribution < -0.4 is 15.4 Å². The van der Waals surface area contributed by atoms with Crippen molar-refractivity contribution in [2.75, 3.05) is 7.11 Å². The maximum absolute atomic E-state index is 12.6. The third-order valence-corrected chi connectivity index (χ3v) is 3.82. The van der Waals surface area contributed by atoms with Crippen LogP contribution in [0, 0.1) is 0 Å². The summed E-state index contributed by atoms with van der Waals surface area (Å²) in [6.07, 6.45) is 0.524. The molecule has 1 aliphatic heterocycles. The van der Waals surface area contributed by atoms with E-state index in [9.17, 15) is 9.59 Å². The van der Waals surface area contributed by atoms with Crippen molar-refractivity contribution in [3.63, 3.8) is 0 Å². The van der Waals surface area contributed by atoms with Gasteiger partial charge in [-0.2, -0.15) is 0 Å². The van der Waals surface area contributed by atoms with Crippen LogP contribution >= 0.6 is 0 Å². The number of ether oxygens (including phenoxy) is 2. The Hall–Kier alpha value is -2.50. The average molecular weight is 318 g/mol. The SMILES string of the molecule is CC[C@@H](C)OC(=O)C1=C(C)NC(=O)N[C@@H]1c1ccccc1OC. The molecule has 6 heteroatoms. The van der Waals surface area contributed by atoms with E-state index in [4.69, 9.17) is 9.47 Å². The standard InChI is InChI=1S/C17H22N2O4/c1-5-10(2)23-16(20)14-11(3)18-17(21)19-15(14)12-8-6-7-9-13(12)22-4/h6-10,15H,5H2,1-4H3,(H2,18,19,21)/t10-,15-/m1/s1. The van der Waals surface area contributed by atoms with Crippen LogP contribution in [0.1, 0.15) is 38.8 Å². The van der Waals surface area contributed by atoms with Crippen molar-refractivity contribution in [2.45, 2.75) is 39.3 Å². The summed E-state index contributed by atoms with van der Waals surface area (Å²) >= 11 is 0. The molecule has 124 valence electrons. The highest BCUT2D eigenvalue weighted by Crippen LogP contribution is 2.33. The third-order valence-electron chi connectivity index (χ3n) is 3.82. The third kappa shape index (κ3) is 3.64. The Morgan fingerprint density at radius 3 is 2.70 bits per heavy atom. The number of nitrogens with one attached hydrogen (secondary N) is 2. The summed E-state index contributed by atoms with van der Waals surface area (Å²) in [4.78, 5) is 24.4. The molecule has 0 spiro atoms. The molecule has 0 saturated carbocycles. The minimum absolute atomic E-state index is 0.196. The maximum atomic E-state index is 12.6. The van der Waals surface area contributed by atoms with Crippen molar-refractivity contribution >= 4 is 12.0 Å². The van der Waals surface area contributed by atoms with Crippen molar-refractivity contribution < 1.29 is 19.1 Å². The number of rotatable bonds is 5. The Kier molecular flexibility index (Phi) is 5.26. The smallest absolute Gasteiger partial charge is 0.338 e. The van der Waals surface area contributed by atoms with E-state index in [0.29, 0.717) is 22.6 Å². The monoisotopic (exact) mass is 318 g/mol. The Labute approximate surface area is 135 Å². The molecular weight excluding hydrogens is 296 g/mol. The van der Waals surface area contributed by atoms with Gasteiger partial charge in [-0.15, -0.1) is 0 Å². The summed E-state index contributed by atoms with van der Waals surface area (Å²) < 4.78 is 10.8. The van der Waals surface area contributed by atoms with Gasteiger partial charge in [0.2, 0.25) is 0 Å². The number of carbonyl (C=O) groups excluding carboxylic acids is 2. The topological polar surface area (TPSA) is 76.7 Å². The lowest BCUT2D eigenvalue weighted by molar-refractivity contribution is -0.144. The summed E-state index contributed by atoms with van der Waals surface area (Å²) in [5.41, 5.74) is 1.58. The molecule has 2 rings (SSSR count). The van der Waals surface area contributed by atoms with Gasteiger partial charge in [0.1, 0.15) is 5.75 Å². The zero-order chi connectivity index (χ0) is 17.0. The molecule has 2 atom stereocenters. The fourth-order valence-electron chi connectivity index (χ4n) is 2.43. The van der Waals surface area contributed by atoms with Crippen molar-refractivity contribution in [1.29, 1.82) is 0 Å². The second-order valence-corrected chi connectivity index (χ2v) is 5.44. The number of allylic oxidation sites excluding steroid dienone is 1. The first-order chi connectivity index (χ1) is 11.0. The predicted molar refractivity (Wildman–Crippen MR) is 85.9 cm³/mol. The van der Waals surface area contributed by atoms with Gasteiger partial charge in [0.25, 0.3) is 0 Å². The zero-order valence-electron chi connectivity index (χ0n) is 13.8. The van der Waals surface area contributed by atoms with Gasteiger partial charge in [-0.05, 0) is 26.3 Å². The van der Waals surface area contributed by atoms with Crippen molar-refractivity contribution in [3.8, 4) is 5.75 Å². The van der Waals surface area contributed by atoms with E-state index < -0.39 is 12.0 Å². The van der Waals surface area contributed by atoms with E-state index in [1.54, 1.807) is 20.1 Å². The van der Waals surface area contributed by atoms with Crippen LogP contribution in [0.5, 0.6) is 5.75 Å². The van der Waals surface area contributed by atoms with Crippen LogP contribution in [-0.2, 0) is 9.53 Å². The molecule has 1 aromatic carbocycles. The first-order valence-corrected chi connectivity index (χ1v) is 7.60. The molecule has 0 fully saturated rings. The normalized spacial score (nSPS) is 18.8. The highest BCUT2D eigenvalue weighted by atomic mass is 16.5. The Morgan fingerprint density at radius 2 is 2.04 bits per heavy atom. The van der Waals surface area contributed by atoms with Crippen molar-refractivity contribution in [2.24, 2.45) is 0 Å². The minimum Gasteiger partial charge on any atom is -0.496 e. The average Bonchev–Trinajstić information content (AvgIpc) is 2.53. The summed E-state index contributed by atoms with van der Waals surface area (Å²) in [5, 5.41) is 5.40. The zero-order valence-corrected chi connectivity index (χ0v) is 13.8. The highest BCUT2D eigenvalue weighted by Gasteiger charge is 2.34. The lowest BCUT2D eigenvalue weighted by Crippen LogP contribution is -2.45. The van der Waals surface area contributed by atoms with Gasteiger partial charge in [-0.3, -0.25) is 0 Å². The molecule has 6 nitrogen and oxygen atoms in total. The lowest BCUT2D eigenvalue weighted by atomic mass is 9.95. The Balaban J connectivity index is 2.44. The van der Waals surface area contributed by atoms with Crippen LogP contribution in [-0.4, -0.2) is 25.2 Å². The number of hydrogen-bond donors (Lipinski definition) is 2. The quantitative estimate of drug-likeness (QED) is 0.818. The number of carbonyl (C=O) groups is 2. The molecule has 0 radical (unpaired) electrons. The van der Waals surface area contributed by atoms with Gasteiger partial charge in [-0.25, -0.2) is 9.59 Å². The predicted octanol–water partition coefficient (Wildman–Crippen LogP) is 2.66. The van der Waals surface area contributed by atoms with Crippen LogP contribution in [0.4, 0.5) is 4.79 Å². The number of methoxy groups -OCH3 is 1. The van der Waals surface area contributed by atoms with Gasteiger partial charge in [0.05, 0.1) is 24.8 Å². The van der Waals surface area contributed by atoms with Crippen molar-refractivity contribution in [3.05, 3.63) is 41.1 Å². The molecule has 0 aliphatic carbocycles. The molecule has 1 heterocycles. The number of para-hydroxylation sites is 1. The Morgan fingerprint density at radius 1 is 1.35 bits per heavy atom. The number of benzene rings is 1. The second kappa shape index (κ2) is 7.17. The fourth-order valence-corrected chi connectivity index (χ4v) is 2.43. The molecule has 1 aliphatic rings. The minimum atomic E-state index is -0.614. The molecule has 0 bridgehead atoms. The molecule has 0 unspecified atom stereocenters. The summed E-state index contributed by atoms with van der Waals surface area (Å²) in [6.45, 7) is 5.47. The molecule has 0 saturated heterocycles. The van der Waals surface area contributed by atoms with E-state index in [0.717, 1.165) is 6.42 Å². The van der Waals surface area contributed by atoms with Crippen LogP contribution in [0.3, 0.4) is 0 Å². The van der Waals surface area contributed by atoms with Gasteiger partial charge < -0.3 is 20.1 Å². The van der Waals surface area contributed by atoms with Gasteiger partial charge in [-0.1, -0.05) is 25.1 Å². The molecule has 2 amide bonds. The molecular formula is C17H22N2O4. The summed E-state index contributed by atoms with van der Waals surface area (Å²) in [5.74, 6) is 0.154. The fraction of sp³-hybridized carbons (Fsp3) is 0.412. The van der Waals surface area contributed by atoms with E-state index in [1.807, 2.05) is 32.0 Å². The van der Waals surface area contributed by atoms with Gasteiger partial charge in [0.15, 0.2) is 0 Å². The highest BCUT2D eigenvalue weighted by molar-refractivity contribution is 5.95. The summed E-state index contributed by atoms with van der Waals surface area (Å²) in [6, 6.07) is 6.29. The first kappa shape index (κ1) is 16.9. The Bertz CT molecular complexity index is 639. The number of urea groups is 1.